The van der Waals surface area contributed by atoms with Crippen molar-refractivity contribution in [1.82, 2.24) is 10.3 Å². The highest BCUT2D eigenvalue weighted by atomic mass is 19.1. The molecule has 36 heavy (non-hydrogen) atoms. The van der Waals surface area contributed by atoms with Gasteiger partial charge in [0.1, 0.15) is 22.9 Å². The first-order valence-corrected chi connectivity index (χ1v) is 11.8. The summed E-state index contributed by atoms with van der Waals surface area (Å²) in [5.41, 5.74) is 1.77. The molecule has 186 valence electrons. The van der Waals surface area contributed by atoms with Gasteiger partial charge in [-0.3, -0.25) is 10.1 Å². The van der Waals surface area contributed by atoms with Crippen LogP contribution in [0.2, 0.25) is 0 Å². The van der Waals surface area contributed by atoms with Crippen LogP contribution in [0.25, 0.3) is 11.5 Å². The molecule has 0 aliphatic rings. The number of carbonyl (C=O) groups is 1. The number of aryl methyl sites for hydroxylation is 1. The second kappa shape index (κ2) is 11.2. The number of carboxylic acid groups (broad SMARTS) is 1. The standard InChI is InChI=1S/C29H29FN2O4/c1-20-26(32-27(36-20)22-8-4-3-5-9-22)16-17-35-24-14-12-21(13-15-24)18-29(2,28(33)34)31-19-23-10-6-7-11-25(23)30/h3-15,31H,16-19H2,1-2H3,(H,33,34). The second-order valence-corrected chi connectivity index (χ2v) is 8.89. The van der Waals surface area contributed by atoms with Crippen molar-refractivity contribution in [3.63, 3.8) is 0 Å². The maximum atomic E-state index is 13.9. The molecule has 1 atom stereocenters. The van der Waals surface area contributed by atoms with Crippen LogP contribution >= 0.6 is 0 Å². The predicted molar refractivity (Wildman–Crippen MR) is 135 cm³/mol. The highest BCUT2D eigenvalue weighted by molar-refractivity contribution is 5.78. The van der Waals surface area contributed by atoms with Crippen LogP contribution in [-0.4, -0.2) is 28.2 Å². The second-order valence-electron chi connectivity index (χ2n) is 8.89. The molecule has 0 saturated heterocycles. The minimum Gasteiger partial charge on any atom is -0.493 e. The average Bonchev–Trinajstić information content (AvgIpc) is 3.25. The lowest BCUT2D eigenvalue weighted by molar-refractivity contribution is -0.144. The summed E-state index contributed by atoms with van der Waals surface area (Å²) in [7, 11) is 0. The highest BCUT2D eigenvalue weighted by Gasteiger charge is 2.33. The summed E-state index contributed by atoms with van der Waals surface area (Å²) >= 11 is 0. The number of hydrogen-bond acceptors (Lipinski definition) is 5. The summed E-state index contributed by atoms with van der Waals surface area (Å²) in [6.07, 6.45) is 0.832. The maximum absolute atomic E-state index is 13.9. The van der Waals surface area contributed by atoms with Crippen LogP contribution in [-0.2, 0) is 24.2 Å². The molecule has 1 heterocycles. The zero-order chi connectivity index (χ0) is 25.5. The Balaban J connectivity index is 1.32. The molecule has 3 aromatic carbocycles. The molecular weight excluding hydrogens is 459 g/mol. The number of oxazole rings is 1. The number of nitrogens with one attached hydrogen (secondary N) is 1. The fraction of sp³-hybridized carbons (Fsp3) is 0.241. The van der Waals surface area contributed by atoms with Crippen molar-refractivity contribution in [3.05, 3.63) is 107 Å². The first-order valence-electron chi connectivity index (χ1n) is 11.8. The molecule has 0 aliphatic heterocycles. The van der Waals surface area contributed by atoms with Crippen LogP contribution in [0.5, 0.6) is 5.75 Å². The number of nitrogens with zero attached hydrogens (tertiary/aromatic N) is 1. The van der Waals surface area contributed by atoms with E-state index in [1.54, 1.807) is 25.1 Å². The van der Waals surface area contributed by atoms with Gasteiger partial charge in [-0.25, -0.2) is 9.37 Å². The van der Waals surface area contributed by atoms with Gasteiger partial charge in [0.2, 0.25) is 5.89 Å². The van der Waals surface area contributed by atoms with E-state index in [2.05, 4.69) is 10.3 Å². The van der Waals surface area contributed by atoms with E-state index in [0.29, 0.717) is 30.2 Å². The summed E-state index contributed by atoms with van der Waals surface area (Å²) in [6.45, 7) is 4.04. The fourth-order valence-corrected chi connectivity index (χ4v) is 3.89. The number of rotatable bonds is 11. The van der Waals surface area contributed by atoms with Crippen molar-refractivity contribution < 1.29 is 23.4 Å². The summed E-state index contributed by atoms with van der Waals surface area (Å²) in [5, 5.41) is 12.8. The number of aliphatic carboxylic acids is 1. The zero-order valence-electron chi connectivity index (χ0n) is 20.3. The summed E-state index contributed by atoms with van der Waals surface area (Å²) in [5.74, 6) is 0.675. The molecule has 4 aromatic rings. The largest absolute Gasteiger partial charge is 0.493 e. The number of ether oxygens (including phenoxy) is 1. The Labute approximate surface area is 209 Å². The van der Waals surface area contributed by atoms with Gasteiger partial charge in [0.05, 0.1) is 12.3 Å². The van der Waals surface area contributed by atoms with Crippen molar-refractivity contribution in [2.45, 2.75) is 38.8 Å². The molecule has 2 N–H and O–H groups in total. The third-order valence-electron chi connectivity index (χ3n) is 6.10. The van der Waals surface area contributed by atoms with E-state index in [4.69, 9.17) is 9.15 Å². The third-order valence-corrected chi connectivity index (χ3v) is 6.10. The van der Waals surface area contributed by atoms with Crippen molar-refractivity contribution >= 4 is 5.97 Å². The Kier molecular flexibility index (Phi) is 7.80. The SMILES string of the molecule is Cc1oc(-c2ccccc2)nc1CCOc1ccc(CC(C)(NCc2ccccc2F)C(=O)O)cc1. The molecular formula is C29H29FN2O4. The van der Waals surface area contributed by atoms with E-state index in [-0.39, 0.29) is 18.8 Å². The van der Waals surface area contributed by atoms with Gasteiger partial charge in [-0.2, -0.15) is 0 Å². The van der Waals surface area contributed by atoms with Crippen LogP contribution in [0, 0.1) is 12.7 Å². The molecule has 0 spiro atoms. The van der Waals surface area contributed by atoms with Crippen molar-refractivity contribution in [2.75, 3.05) is 6.61 Å². The number of benzene rings is 3. The summed E-state index contributed by atoms with van der Waals surface area (Å²) < 4.78 is 25.6. The van der Waals surface area contributed by atoms with Gasteiger partial charge in [-0.05, 0) is 49.7 Å². The highest BCUT2D eigenvalue weighted by Crippen LogP contribution is 2.23. The normalized spacial score (nSPS) is 12.8. The molecule has 4 rings (SSSR count). The first-order chi connectivity index (χ1) is 17.3. The lowest BCUT2D eigenvalue weighted by atomic mass is 9.92. The van der Waals surface area contributed by atoms with Crippen LogP contribution in [0.15, 0.2) is 83.3 Å². The Hall–Kier alpha value is -3.97. The lowest BCUT2D eigenvalue weighted by Gasteiger charge is -2.27. The quantitative estimate of drug-likeness (QED) is 0.286. The van der Waals surface area contributed by atoms with E-state index < -0.39 is 11.5 Å². The van der Waals surface area contributed by atoms with E-state index in [0.717, 1.165) is 22.6 Å². The van der Waals surface area contributed by atoms with E-state index >= 15 is 0 Å². The van der Waals surface area contributed by atoms with E-state index in [9.17, 15) is 14.3 Å². The van der Waals surface area contributed by atoms with Gasteiger partial charge in [-0.15, -0.1) is 0 Å². The number of hydrogen-bond donors (Lipinski definition) is 2. The topological polar surface area (TPSA) is 84.6 Å². The number of carboxylic acids is 1. The number of halogens is 1. The van der Waals surface area contributed by atoms with Gasteiger partial charge in [-0.1, -0.05) is 48.5 Å². The minimum atomic E-state index is -1.26. The Morgan fingerprint density at radius 3 is 2.44 bits per heavy atom. The van der Waals surface area contributed by atoms with Gasteiger partial charge in [0.25, 0.3) is 0 Å². The maximum Gasteiger partial charge on any atom is 0.323 e. The van der Waals surface area contributed by atoms with Crippen molar-refractivity contribution in [2.24, 2.45) is 0 Å². The Morgan fingerprint density at radius 1 is 1.06 bits per heavy atom. The third kappa shape index (κ3) is 6.17. The molecule has 0 saturated carbocycles. The van der Waals surface area contributed by atoms with Crippen LogP contribution in [0.1, 0.15) is 29.5 Å². The van der Waals surface area contributed by atoms with Crippen molar-refractivity contribution in [3.8, 4) is 17.2 Å². The molecule has 0 aliphatic carbocycles. The number of aromatic nitrogens is 1. The average molecular weight is 489 g/mol. The molecule has 1 unspecified atom stereocenters. The van der Waals surface area contributed by atoms with Crippen molar-refractivity contribution in [1.29, 1.82) is 0 Å². The predicted octanol–water partition coefficient (Wildman–Crippen LogP) is 5.59. The van der Waals surface area contributed by atoms with Crippen LogP contribution < -0.4 is 10.1 Å². The molecule has 0 fully saturated rings. The molecule has 0 amide bonds. The molecule has 7 heteroatoms. The van der Waals surface area contributed by atoms with Crippen LogP contribution in [0.3, 0.4) is 0 Å². The van der Waals surface area contributed by atoms with E-state index in [1.807, 2.05) is 61.5 Å². The molecule has 0 radical (unpaired) electrons. The first kappa shape index (κ1) is 25.1. The smallest absolute Gasteiger partial charge is 0.323 e. The van der Waals surface area contributed by atoms with E-state index in [1.165, 1.54) is 6.07 Å². The lowest BCUT2D eigenvalue weighted by Crippen LogP contribution is -2.51. The molecule has 1 aromatic heterocycles. The zero-order valence-corrected chi connectivity index (χ0v) is 20.3. The molecule has 6 nitrogen and oxygen atoms in total. The van der Waals surface area contributed by atoms with Gasteiger partial charge in [0, 0.05) is 30.5 Å². The van der Waals surface area contributed by atoms with Gasteiger partial charge < -0.3 is 14.3 Å². The summed E-state index contributed by atoms with van der Waals surface area (Å²) in [6, 6.07) is 23.4. The van der Waals surface area contributed by atoms with Gasteiger partial charge in [0.15, 0.2) is 0 Å². The molecule has 0 bridgehead atoms. The fourth-order valence-electron chi connectivity index (χ4n) is 3.89. The Morgan fingerprint density at radius 2 is 1.75 bits per heavy atom. The monoisotopic (exact) mass is 488 g/mol. The Bertz CT molecular complexity index is 1300. The van der Waals surface area contributed by atoms with Crippen LogP contribution in [0.4, 0.5) is 4.39 Å². The minimum absolute atomic E-state index is 0.115. The summed E-state index contributed by atoms with van der Waals surface area (Å²) in [4.78, 5) is 16.6. The van der Waals surface area contributed by atoms with Gasteiger partial charge >= 0.3 is 5.97 Å².